The molecule has 2 amide bonds. The smallest absolute Gasteiger partial charge is 0.253 e. The zero-order chi connectivity index (χ0) is 13.8. The first-order chi connectivity index (χ1) is 9.09. The molecule has 0 saturated carbocycles. The van der Waals surface area contributed by atoms with E-state index in [4.69, 9.17) is 23.2 Å². The van der Waals surface area contributed by atoms with Crippen LogP contribution in [0, 0.1) is 0 Å². The van der Waals surface area contributed by atoms with Crippen molar-refractivity contribution in [3.8, 4) is 0 Å². The van der Waals surface area contributed by atoms with Gasteiger partial charge in [-0.2, -0.15) is 0 Å². The van der Waals surface area contributed by atoms with Crippen LogP contribution in [-0.2, 0) is 9.59 Å². The lowest BCUT2D eigenvalue weighted by atomic mass is 10.1. The number of amides is 2. The van der Waals surface area contributed by atoms with Gasteiger partial charge in [-0.1, -0.05) is 29.3 Å². The Hall–Kier alpha value is -1.32. The molecule has 1 fully saturated rings. The Bertz CT molecular complexity index is 520. The third-order valence-corrected chi connectivity index (χ3v) is 3.64. The maximum Gasteiger partial charge on any atom is 0.253 e. The lowest BCUT2D eigenvalue weighted by molar-refractivity contribution is -0.143. The van der Waals surface area contributed by atoms with Crippen LogP contribution in [-0.4, -0.2) is 23.3 Å². The Balaban J connectivity index is 2.14. The van der Waals surface area contributed by atoms with Crippen molar-refractivity contribution in [2.45, 2.75) is 19.3 Å². The number of halogens is 2. The van der Waals surface area contributed by atoms with Gasteiger partial charge in [0.25, 0.3) is 5.91 Å². The fraction of sp³-hybridized carbons (Fsp3) is 0.286. The van der Waals surface area contributed by atoms with E-state index >= 15 is 0 Å². The van der Waals surface area contributed by atoms with Crippen LogP contribution in [0.25, 0.3) is 6.08 Å². The standard InChI is InChI=1S/C14H13Cl2NO2/c15-11-4-3-5-12(16)10(11)7-8-14(19)17-9-2-1-6-13(17)18/h3-5,7-8H,1-2,6,9H2. The highest BCUT2D eigenvalue weighted by molar-refractivity contribution is 6.37. The highest BCUT2D eigenvalue weighted by Crippen LogP contribution is 2.25. The molecule has 1 aromatic carbocycles. The molecule has 0 aliphatic carbocycles. The van der Waals surface area contributed by atoms with Gasteiger partial charge >= 0.3 is 0 Å². The van der Waals surface area contributed by atoms with Gasteiger partial charge in [-0.15, -0.1) is 0 Å². The lowest BCUT2D eigenvalue weighted by Crippen LogP contribution is -2.39. The van der Waals surface area contributed by atoms with Crippen LogP contribution >= 0.6 is 23.2 Å². The van der Waals surface area contributed by atoms with E-state index < -0.39 is 0 Å². The number of piperidine rings is 1. The fourth-order valence-electron chi connectivity index (χ4n) is 1.95. The molecule has 0 N–H and O–H groups in total. The number of likely N-dealkylation sites (tertiary alicyclic amines) is 1. The van der Waals surface area contributed by atoms with Gasteiger partial charge in [0.1, 0.15) is 0 Å². The average Bonchev–Trinajstić information content (AvgIpc) is 2.38. The molecule has 0 radical (unpaired) electrons. The van der Waals surface area contributed by atoms with Gasteiger partial charge in [-0.25, -0.2) is 0 Å². The van der Waals surface area contributed by atoms with Crippen LogP contribution in [0.2, 0.25) is 10.0 Å². The molecule has 1 aromatic rings. The summed E-state index contributed by atoms with van der Waals surface area (Å²) in [5.41, 5.74) is 0.587. The van der Waals surface area contributed by atoms with E-state index in [0.717, 1.165) is 12.8 Å². The molecular formula is C14H13Cl2NO2. The Morgan fingerprint density at radius 2 is 1.89 bits per heavy atom. The first-order valence-electron chi connectivity index (χ1n) is 6.06. The first-order valence-corrected chi connectivity index (χ1v) is 6.81. The summed E-state index contributed by atoms with van der Waals surface area (Å²) in [5, 5.41) is 0.947. The third kappa shape index (κ3) is 3.37. The minimum atomic E-state index is -0.319. The summed E-state index contributed by atoms with van der Waals surface area (Å²) in [6.45, 7) is 0.484. The number of carbonyl (C=O) groups excluding carboxylic acids is 2. The molecule has 2 rings (SSSR count). The Kier molecular flexibility index (Phi) is 4.61. The van der Waals surface area contributed by atoms with Crippen LogP contribution in [0.4, 0.5) is 0 Å². The average molecular weight is 298 g/mol. The summed E-state index contributed by atoms with van der Waals surface area (Å²) in [5.74, 6) is -0.438. The van der Waals surface area contributed by atoms with Crippen molar-refractivity contribution < 1.29 is 9.59 Å². The number of nitrogens with zero attached hydrogens (tertiary/aromatic N) is 1. The predicted molar refractivity (Wildman–Crippen MR) is 76.1 cm³/mol. The van der Waals surface area contributed by atoms with Crippen molar-refractivity contribution in [2.24, 2.45) is 0 Å². The van der Waals surface area contributed by atoms with E-state index in [1.807, 2.05) is 0 Å². The van der Waals surface area contributed by atoms with E-state index in [-0.39, 0.29) is 11.8 Å². The Morgan fingerprint density at radius 1 is 1.21 bits per heavy atom. The summed E-state index contributed by atoms with van der Waals surface area (Å²) >= 11 is 12.0. The third-order valence-electron chi connectivity index (χ3n) is 2.98. The molecule has 19 heavy (non-hydrogen) atoms. The number of rotatable bonds is 2. The first kappa shape index (κ1) is 14.1. The summed E-state index contributed by atoms with van der Waals surface area (Å²) in [4.78, 5) is 24.8. The minimum absolute atomic E-state index is 0.119. The Labute approximate surface area is 121 Å². The second kappa shape index (κ2) is 6.22. The van der Waals surface area contributed by atoms with Gasteiger partial charge in [0.15, 0.2) is 0 Å². The number of hydrogen-bond donors (Lipinski definition) is 0. The summed E-state index contributed by atoms with van der Waals surface area (Å²) in [6, 6.07) is 5.13. The normalized spacial score (nSPS) is 16.1. The van der Waals surface area contributed by atoms with Crippen molar-refractivity contribution >= 4 is 41.1 Å². The maximum atomic E-state index is 11.9. The molecule has 1 saturated heterocycles. The van der Waals surface area contributed by atoms with Crippen molar-refractivity contribution in [2.75, 3.05) is 6.54 Å². The van der Waals surface area contributed by atoms with Crippen molar-refractivity contribution in [1.29, 1.82) is 0 Å². The fourth-order valence-corrected chi connectivity index (χ4v) is 2.48. The van der Waals surface area contributed by atoms with Crippen molar-refractivity contribution in [3.63, 3.8) is 0 Å². The van der Waals surface area contributed by atoms with E-state index in [2.05, 4.69) is 0 Å². The van der Waals surface area contributed by atoms with Crippen molar-refractivity contribution in [3.05, 3.63) is 39.9 Å². The van der Waals surface area contributed by atoms with E-state index in [1.165, 1.54) is 11.0 Å². The highest BCUT2D eigenvalue weighted by Gasteiger charge is 2.22. The maximum absolute atomic E-state index is 11.9. The number of imide groups is 1. The van der Waals surface area contributed by atoms with Gasteiger partial charge in [0.05, 0.1) is 0 Å². The van der Waals surface area contributed by atoms with E-state index in [9.17, 15) is 9.59 Å². The lowest BCUT2D eigenvalue weighted by Gasteiger charge is -2.23. The van der Waals surface area contributed by atoms with Gasteiger partial charge in [-0.3, -0.25) is 14.5 Å². The van der Waals surface area contributed by atoms with Crippen LogP contribution in [0.1, 0.15) is 24.8 Å². The molecule has 0 atom stereocenters. The van der Waals surface area contributed by atoms with Crippen molar-refractivity contribution in [1.82, 2.24) is 4.90 Å². The summed E-state index contributed by atoms with van der Waals surface area (Å²) in [7, 11) is 0. The van der Waals surface area contributed by atoms with Crippen LogP contribution in [0.5, 0.6) is 0 Å². The zero-order valence-corrected chi connectivity index (χ0v) is 11.7. The van der Waals surface area contributed by atoms with Gasteiger partial charge in [0, 0.05) is 34.7 Å². The molecule has 100 valence electrons. The molecule has 5 heteroatoms. The summed E-state index contributed by atoms with van der Waals surface area (Å²) in [6.07, 6.45) is 5.04. The van der Waals surface area contributed by atoms with Crippen LogP contribution in [0.3, 0.4) is 0 Å². The molecule has 0 spiro atoms. The molecule has 0 bridgehead atoms. The highest BCUT2D eigenvalue weighted by atomic mass is 35.5. The molecule has 0 aromatic heterocycles. The van der Waals surface area contributed by atoms with E-state index in [1.54, 1.807) is 24.3 Å². The largest absolute Gasteiger partial charge is 0.279 e. The second-order valence-corrected chi connectivity index (χ2v) is 5.12. The molecule has 3 nitrogen and oxygen atoms in total. The zero-order valence-electron chi connectivity index (χ0n) is 10.2. The van der Waals surface area contributed by atoms with E-state index in [0.29, 0.717) is 28.6 Å². The van der Waals surface area contributed by atoms with Crippen LogP contribution in [0.15, 0.2) is 24.3 Å². The molecular weight excluding hydrogens is 285 g/mol. The monoisotopic (exact) mass is 297 g/mol. The molecule has 0 unspecified atom stereocenters. The van der Waals surface area contributed by atoms with Gasteiger partial charge in [0.2, 0.25) is 5.91 Å². The molecule has 1 aliphatic heterocycles. The summed E-state index contributed by atoms with van der Waals surface area (Å²) < 4.78 is 0. The number of carbonyl (C=O) groups is 2. The van der Waals surface area contributed by atoms with Gasteiger partial charge in [-0.05, 0) is 31.1 Å². The minimum Gasteiger partial charge on any atom is -0.279 e. The molecule has 1 heterocycles. The predicted octanol–water partition coefficient (Wildman–Crippen LogP) is 3.55. The Morgan fingerprint density at radius 3 is 2.53 bits per heavy atom. The second-order valence-electron chi connectivity index (χ2n) is 4.31. The quantitative estimate of drug-likeness (QED) is 0.783. The number of benzene rings is 1. The molecule has 1 aliphatic rings. The van der Waals surface area contributed by atoms with Crippen LogP contribution < -0.4 is 0 Å². The number of hydrogen-bond acceptors (Lipinski definition) is 2. The van der Waals surface area contributed by atoms with Gasteiger partial charge < -0.3 is 0 Å². The topological polar surface area (TPSA) is 37.4 Å². The SMILES string of the molecule is O=C(C=Cc1c(Cl)cccc1Cl)N1CCCCC1=O.